The molecule has 21 heavy (non-hydrogen) atoms. The molecule has 0 bridgehead atoms. The normalized spacial score (nSPS) is 18.3. The molecular weight excluding hydrogens is 272 g/mol. The van der Waals surface area contributed by atoms with Gasteiger partial charge in [0, 0.05) is 51.4 Å². The molecule has 7 nitrogen and oxygen atoms in total. The van der Waals surface area contributed by atoms with Gasteiger partial charge in [0.2, 0.25) is 6.41 Å². The van der Waals surface area contributed by atoms with E-state index in [-0.39, 0.29) is 11.6 Å². The maximum absolute atomic E-state index is 11.6. The quantitative estimate of drug-likeness (QED) is 0.708. The summed E-state index contributed by atoms with van der Waals surface area (Å²) in [5.74, 6) is 0. The molecule has 1 fully saturated rings. The molecule has 0 spiro atoms. The van der Waals surface area contributed by atoms with Crippen molar-refractivity contribution in [3.05, 3.63) is 0 Å². The van der Waals surface area contributed by atoms with Crippen molar-refractivity contribution in [3.8, 4) is 0 Å². The van der Waals surface area contributed by atoms with E-state index < -0.39 is 0 Å². The molecule has 7 heteroatoms. The van der Waals surface area contributed by atoms with Crippen molar-refractivity contribution in [3.63, 3.8) is 0 Å². The standard InChI is InChI=1S/C14H28N4O3/c1-14(2,3)16-13(20)21-11-10-17-6-4-15-5-7-18(12-19)9-8-17/h12,15H,4-11H2,1-3H3,(H,16,20). The summed E-state index contributed by atoms with van der Waals surface area (Å²) in [5.41, 5.74) is -0.288. The van der Waals surface area contributed by atoms with Crippen LogP contribution in [0.15, 0.2) is 0 Å². The van der Waals surface area contributed by atoms with Gasteiger partial charge >= 0.3 is 6.09 Å². The van der Waals surface area contributed by atoms with Crippen LogP contribution in [0.25, 0.3) is 0 Å². The molecule has 1 aliphatic heterocycles. The lowest BCUT2D eigenvalue weighted by Gasteiger charge is -2.24. The molecule has 1 saturated heterocycles. The zero-order valence-electron chi connectivity index (χ0n) is 13.4. The number of ether oxygens (including phenoxy) is 1. The second-order valence-corrected chi connectivity index (χ2v) is 6.24. The number of nitrogens with zero attached hydrogens (tertiary/aromatic N) is 2. The third-order valence-corrected chi connectivity index (χ3v) is 3.15. The fourth-order valence-corrected chi connectivity index (χ4v) is 2.02. The Morgan fingerprint density at radius 2 is 1.95 bits per heavy atom. The summed E-state index contributed by atoms with van der Waals surface area (Å²) in [7, 11) is 0. The van der Waals surface area contributed by atoms with Crippen LogP contribution in [0.4, 0.5) is 4.79 Å². The maximum atomic E-state index is 11.6. The van der Waals surface area contributed by atoms with E-state index in [9.17, 15) is 9.59 Å². The van der Waals surface area contributed by atoms with Crippen molar-refractivity contribution in [1.82, 2.24) is 20.4 Å². The summed E-state index contributed by atoms with van der Waals surface area (Å²) >= 11 is 0. The second-order valence-electron chi connectivity index (χ2n) is 6.24. The average molecular weight is 300 g/mol. The fourth-order valence-electron chi connectivity index (χ4n) is 2.02. The Labute approximate surface area is 127 Å². The molecule has 2 amide bonds. The molecule has 0 radical (unpaired) electrons. The van der Waals surface area contributed by atoms with Gasteiger partial charge in [0.1, 0.15) is 6.61 Å². The zero-order chi connectivity index (χ0) is 15.7. The van der Waals surface area contributed by atoms with E-state index >= 15 is 0 Å². The number of hydrogen-bond donors (Lipinski definition) is 2. The molecule has 2 N–H and O–H groups in total. The largest absolute Gasteiger partial charge is 0.448 e. The minimum atomic E-state index is -0.389. The van der Waals surface area contributed by atoms with E-state index in [4.69, 9.17) is 4.74 Å². The summed E-state index contributed by atoms with van der Waals surface area (Å²) in [5, 5.41) is 6.05. The first kappa shape index (κ1) is 17.7. The van der Waals surface area contributed by atoms with Gasteiger partial charge in [-0.05, 0) is 20.8 Å². The molecule has 0 atom stereocenters. The van der Waals surface area contributed by atoms with Crippen molar-refractivity contribution < 1.29 is 14.3 Å². The van der Waals surface area contributed by atoms with Gasteiger partial charge < -0.3 is 20.3 Å². The Hall–Kier alpha value is -1.34. The van der Waals surface area contributed by atoms with Crippen LogP contribution in [-0.4, -0.2) is 80.3 Å². The first-order valence-corrected chi connectivity index (χ1v) is 7.48. The summed E-state index contributed by atoms with van der Waals surface area (Å²) in [4.78, 5) is 26.4. The molecule has 122 valence electrons. The van der Waals surface area contributed by atoms with Crippen molar-refractivity contribution in [1.29, 1.82) is 0 Å². The van der Waals surface area contributed by atoms with Crippen molar-refractivity contribution in [2.75, 3.05) is 52.4 Å². The van der Waals surface area contributed by atoms with Gasteiger partial charge in [0.05, 0.1) is 0 Å². The number of alkyl carbamates (subject to hydrolysis) is 1. The SMILES string of the molecule is CC(C)(C)NC(=O)OCCN1CCNCCN(C=O)CC1. The molecule has 0 aromatic carbocycles. The molecule has 0 unspecified atom stereocenters. The third-order valence-electron chi connectivity index (χ3n) is 3.15. The van der Waals surface area contributed by atoms with E-state index in [1.807, 2.05) is 20.8 Å². The summed E-state index contributed by atoms with van der Waals surface area (Å²) in [6.07, 6.45) is 0.498. The molecule has 0 aliphatic carbocycles. The average Bonchev–Trinajstić information content (AvgIpc) is 2.48. The summed E-state index contributed by atoms with van der Waals surface area (Å²) in [6, 6.07) is 0. The van der Waals surface area contributed by atoms with Crippen LogP contribution in [0, 0.1) is 0 Å². The molecule has 0 aromatic rings. The van der Waals surface area contributed by atoms with Crippen LogP contribution in [-0.2, 0) is 9.53 Å². The minimum absolute atomic E-state index is 0.288. The van der Waals surface area contributed by atoms with E-state index in [0.717, 1.165) is 39.1 Å². The van der Waals surface area contributed by atoms with Crippen LogP contribution in [0.1, 0.15) is 20.8 Å². The summed E-state index contributed by atoms with van der Waals surface area (Å²) < 4.78 is 5.18. The first-order valence-electron chi connectivity index (χ1n) is 7.48. The topological polar surface area (TPSA) is 73.9 Å². The molecule has 1 aliphatic rings. The smallest absolute Gasteiger partial charge is 0.407 e. The van der Waals surface area contributed by atoms with Crippen LogP contribution in [0.2, 0.25) is 0 Å². The number of carbonyl (C=O) groups excluding carboxylic acids is 2. The Bertz CT molecular complexity index is 331. The monoisotopic (exact) mass is 300 g/mol. The number of nitrogens with one attached hydrogen (secondary N) is 2. The Morgan fingerprint density at radius 3 is 2.62 bits per heavy atom. The second kappa shape index (κ2) is 8.84. The van der Waals surface area contributed by atoms with Crippen molar-refractivity contribution in [2.24, 2.45) is 0 Å². The number of hydrogen-bond acceptors (Lipinski definition) is 5. The van der Waals surface area contributed by atoms with Gasteiger partial charge in [0.25, 0.3) is 0 Å². The van der Waals surface area contributed by atoms with E-state index in [0.29, 0.717) is 19.7 Å². The van der Waals surface area contributed by atoms with Gasteiger partial charge in [-0.15, -0.1) is 0 Å². The summed E-state index contributed by atoms with van der Waals surface area (Å²) in [6.45, 7) is 11.6. The molecule has 0 saturated carbocycles. The minimum Gasteiger partial charge on any atom is -0.448 e. The number of carbonyl (C=O) groups is 2. The Morgan fingerprint density at radius 1 is 1.24 bits per heavy atom. The van der Waals surface area contributed by atoms with Crippen molar-refractivity contribution in [2.45, 2.75) is 26.3 Å². The number of rotatable bonds is 4. The van der Waals surface area contributed by atoms with Gasteiger partial charge in [0.15, 0.2) is 0 Å². The Balaban J connectivity index is 2.28. The highest BCUT2D eigenvalue weighted by atomic mass is 16.5. The van der Waals surface area contributed by atoms with Gasteiger partial charge in [-0.1, -0.05) is 0 Å². The fraction of sp³-hybridized carbons (Fsp3) is 0.857. The highest BCUT2D eigenvalue weighted by molar-refractivity contribution is 5.68. The highest BCUT2D eigenvalue weighted by Crippen LogP contribution is 1.99. The lowest BCUT2D eigenvalue weighted by molar-refractivity contribution is -0.118. The van der Waals surface area contributed by atoms with Crippen LogP contribution < -0.4 is 10.6 Å². The molecule has 0 aromatic heterocycles. The predicted octanol–water partition coefficient (Wildman–Crippen LogP) is -0.125. The lowest BCUT2D eigenvalue weighted by atomic mass is 10.1. The van der Waals surface area contributed by atoms with Gasteiger partial charge in [-0.25, -0.2) is 4.79 Å². The zero-order valence-corrected chi connectivity index (χ0v) is 13.4. The van der Waals surface area contributed by atoms with Crippen LogP contribution in [0.5, 0.6) is 0 Å². The maximum Gasteiger partial charge on any atom is 0.407 e. The van der Waals surface area contributed by atoms with Gasteiger partial charge in [-0.2, -0.15) is 0 Å². The number of amides is 2. The van der Waals surface area contributed by atoms with Crippen LogP contribution >= 0.6 is 0 Å². The predicted molar refractivity (Wildman–Crippen MR) is 81.2 cm³/mol. The molecule has 1 heterocycles. The van der Waals surface area contributed by atoms with Gasteiger partial charge in [-0.3, -0.25) is 9.69 Å². The van der Waals surface area contributed by atoms with E-state index in [1.54, 1.807) is 4.90 Å². The lowest BCUT2D eigenvalue weighted by Crippen LogP contribution is -2.42. The molecular formula is C14H28N4O3. The first-order chi connectivity index (χ1) is 9.90. The Kier molecular flexibility index (Phi) is 7.45. The van der Waals surface area contributed by atoms with Crippen LogP contribution in [0.3, 0.4) is 0 Å². The van der Waals surface area contributed by atoms with Crippen molar-refractivity contribution >= 4 is 12.5 Å². The highest BCUT2D eigenvalue weighted by Gasteiger charge is 2.15. The van der Waals surface area contributed by atoms with E-state index in [2.05, 4.69) is 15.5 Å². The molecule has 1 rings (SSSR count). The van der Waals surface area contributed by atoms with E-state index in [1.165, 1.54) is 0 Å². The third kappa shape index (κ3) is 8.52.